The van der Waals surface area contributed by atoms with E-state index in [1.165, 1.54) is 0 Å². The third-order valence-corrected chi connectivity index (χ3v) is 4.51. The third-order valence-electron chi connectivity index (χ3n) is 3.40. The largest absolute Gasteiger partial charge is 0.496 e. The lowest BCUT2D eigenvalue weighted by molar-refractivity contribution is 0.0851. The van der Waals surface area contributed by atoms with Crippen molar-refractivity contribution < 1.29 is 14.6 Å². The van der Waals surface area contributed by atoms with Crippen LogP contribution in [0, 0.1) is 3.57 Å². The minimum absolute atomic E-state index is 0.231. The number of methoxy groups -OCH3 is 1. The Labute approximate surface area is 143 Å². The van der Waals surface area contributed by atoms with Crippen molar-refractivity contribution in [1.82, 2.24) is 5.32 Å². The summed E-state index contributed by atoms with van der Waals surface area (Å²) in [7, 11) is 1.57. The molecule has 0 aliphatic heterocycles. The molecular formula is C17H18INO3. The van der Waals surface area contributed by atoms with Crippen molar-refractivity contribution >= 4 is 28.5 Å². The topological polar surface area (TPSA) is 58.6 Å². The van der Waals surface area contributed by atoms with Crippen molar-refractivity contribution in [2.75, 3.05) is 7.11 Å². The molecule has 2 N–H and O–H groups in total. The summed E-state index contributed by atoms with van der Waals surface area (Å²) >= 11 is 2.08. The predicted molar refractivity (Wildman–Crippen MR) is 94.0 cm³/mol. The number of hydrogen-bond donors (Lipinski definition) is 2. The molecular weight excluding hydrogens is 393 g/mol. The van der Waals surface area contributed by atoms with Crippen molar-refractivity contribution in [3.05, 3.63) is 63.2 Å². The van der Waals surface area contributed by atoms with E-state index in [4.69, 9.17) is 4.74 Å². The summed E-state index contributed by atoms with van der Waals surface area (Å²) in [6.07, 6.45) is -0.756. The van der Waals surface area contributed by atoms with Gasteiger partial charge in [0, 0.05) is 0 Å². The number of nitrogens with one attached hydrogen (secondary N) is 1. The normalized spacial score (nSPS) is 13.3. The first-order valence-electron chi connectivity index (χ1n) is 6.91. The van der Waals surface area contributed by atoms with Crippen LogP contribution in [0.4, 0.5) is 0 Å². The fourth-order valence-corrected chi connectivity index (χ4v) is 2.97. The second kappa shape index (κ2) is 7.60. The van der Waals surface area contributed by atoms with Gasteiger partial charge >= 0.3 is 0 Å². The average Bonchev–Trinajstić information content (AvgIpc) is 2.55. The first-order chi connectivity index (χ1) is 10.5. The Morgan fingerprint density at radius 1 is 1.18 bits per heavy atom. The number of aliphatic hydroxyl groups is 1. The van der Waals surface area contributed by atoms with Gasteiger partial charge < -0.3 is 15.2 Å². The maximum atomic E-state index is 12.4. The van der Waals surface area contributed by atoms with E-state index in [-0.39, 0.29) is 5.91 Å². The Morgan fingerprint density at radius 2 is 1.86 bits per heavy atom. The van der Waals surface area contributed by atoms with Gasteiger partial charge in [-0.05, 0) is 47.2 Å². The Balaban J connectivity index is 2.12. The standard InChI is InChI=1S/C17H18INO3/c1-11(16(20)12-7-4-3-5-8-12)19-17(21)13-9-6-10-14(22-2)15(13)18/h3-11,16,20H,1-2H3,(H,19,21)/t11-,16-/m0/s1. The molecule has 2 aromatic rings. The summed E-state index contributed by atoms with van der Waals surface area (Å²) in [4.78, 5) is 12.4. The maximum Gasteiger partial charge on any atom is 0.252 e. The molecule has 0 aliphatic rings. The first kappa shape index (κ1) is 16.8. The number of halogens is 1. The van der Waals surface area contributed by atoms with Crippen molar-refractivity contribution in [2.24, 2.45) is 0 Å². The van der Waals surface area contributed by atoms with E-state index in [1.54, 1.807) is 32.2 Å². The Bertz CT molecular complexity index is 646. The molecule has 0 saturated carbocycles. The Morgan fingerprint density at radius 3 is 2.50 bits per heavy atom. The Hall–Kier alpha value is -1.60. The highest BCUT2D eigenvalue weighted by Crippen LogP contribution is 2.24. The molecule has 1 amide bonds. The fourth-order valence-electron chi connectivity index (χ4n) is 2.15. The molecule has 0 unspecified atom stereocenters. The summed E-state index contributed by atoms with van der Waals surface area (Å²) in [5, 5.41) is 13.2. The smallest absolute Gasteiger partial charge is 0.252 e. The zero-order chi connectivity index (χ0) is 16.1. The van der Waals surface area contributed by atoms with Crippen molar-refractivity contribution in [1.29, 1.82) is 0 Å². The van der Waals surface area contributed by atoms with Crippen LogP contribution in [0.1, 0.15) is 28.9 Å². The quantitative estimate of drug-likeness (QED) is 0.744. The molecule has 0 aromatic heterocycles. The van der Waals surface area contributed by atoms with Gasteiger partial charge in [0.2, 0.25) is 0 Å². The molecule has 0 spiro atoms. The monoisotopic (exact) mass is 411 g/mol. The number of rotatable bonds is 5. The van der Waals surface area contributed by atoms with Crippen LogP contribution >= 0.6 is 22.6 Å². The van der Waals surface area contributed by atoms with E-state index in [0.717, 1.165) is 9.13 Å². The van der Waals surface area contributed by atoms with Crippen LogP contribution < -0.4 is 10.1 Å². The lowest BCUT2D eigenvalue weighted by Gasteiger charge is -2.21. The van der Waals surface area contributed by atoms with Crippen LogP contribution in [-0.4, -0.2) is 24.2 Å². The van der Waals surface area contributed by atoms with Crippen LogP contribution in [0.15, 0.2) is 48.5 Å². The first-order valence-corrected chi connectivity index (χ1v) is 7.99. The predicted octanol–water partition coefficient (Wildman–Crippen LogP) is 3.15. The number of aliphatic hydroxyl groups excluding tert-OH is 1. The minimum atomic E-state index is -0.756. The molecule has 0 radical (unpaired) electrons. The fraction of sp³-hybridized carbons (Fsp3) is 0.235. The van der Waals surface area contributed by atoms with Gasteiger partial charge in [0.05, 0.1) is 28.4 Å². The lowest BCUT2D eigenvalue weighted by Crippen LogP contribution is -2.37. The van der Waals surface area contributed by atoms with Gasteiger partial charge in [0.25, 0.3) is 5.91 Å². The second-order valence-electron chi connectivity index (χ2n) is 4.94. The molecule has 0 aliphatic carbocycles. The SMILES string of the molecule is COc1cccc(C(=O)N[C@@H](C)[C@H](O)c2ccccc2)c1I. The van der Waals surface area contributed by atoms with Gasteiger partial charge in [-0.1, -0.05) is 36.4 Å². The van der Waals surface area contributed by atoms with E-state index >= 15 is 0 Å². The van der Waals surface area contributed by atoms with Gasteiger partial charge in [-0.2, -0.15) is 0 Å². The summed E-state index contributed by atoms with van der Waals surface area (Å²) in [5.74, 6) is 0.426. The number of carbonyl (C=O) groups is 1. The van der Waals surface area contributed by atoms with Crippen LogP contribution in [0.25, 0.3) is 0 Å². The lowest BCUT2D eigenvalue weighted by atomic mass is 10.0. The molecule has 0 fully saturated rings. The van der Waals surface area contributed by atoms with E-state index in [9.17, 15) is 9.90 Å². The molecule has 2 aromatic carbocycles. The molecule has 0 heterocycles. The van der Waals surface area contributed by atoms with Crippen molar-refractivity contribution in [3.8, 4) is 5.75 Å². The van der Waals surface area contributed by atoms with Crippen LogP contribution in [0.3, 0.4) is 0 Å². The third kappa shape index (κ3) is 3.78. The highest BCUT2D eigenvalue weighted by molar-refractivity contribution is 14.1. The second-order valence-corrected chi connectivity index (χ2v) is 6.02. The molecule has 22 heavy (non-hydrogen) atoms. The van der Waals surface area contributed by atoms with Gasteiger partial charge in [-0.25, -0.2) is 0 Å². The zero-order valence-electron chi connectivity index (χ0n) is 12.4. The van der Waals surface area contributed by atoms with Crippen molar-refractivity contribution in [3.63, 3.8) is 0 Å². The average molecular weight is 411 g/mol. The van der Waals surface area contributed by atoms with Gasteiger partial charge in [-0.15, -0.1) is 0 Å². The summed E-state index contributed by atoms with van der Waals surface area (Å²) in [6.45, 7) is 1.78. The van der Waals surface area contributed by atoms with Gasteiger partial charge in [0.15, 0.2) is 0 Å². The van der Waals surface area contributed by atoms with E-state index in [2.05, 4.69) is 27.9 Å². The highest BCUT2D eigenvalue weighted by atomic mass is 127. The van der Waals surface area contributed by atoms with E-state index in [0.29, 0.717) is 11.3 Å². The molecule has 2 atom stereocenters. The molecule has 116 valence electrons. The molecule has 4 nitrogen and oxygen atoms in total. The Kier molecular flexibility index (Phi) is 5.79. The van der Waals surface area contributed by atoms with E-state index in [1.807, 2.05) is 30.3 Å². The minimum Gasteiger partial charge on any atom is -0.496 e. The number of ether oxygens (including phenoxy) is 1. The number of carbonyl (C=O) groups excluding carboxylic acids is 1. The van der Waals surface area contributed by atoms with Gasteiger partial charge in [-0.3, -0.25) is 4.79 Å². The van der Waals surface area contributed by atoms with Crippen LogP contribution in [-0.2, 0) is 0 Å². The van der Waals surface area contributed by atoms with E-state index < -0.39 is 12.1 Å². The van der Waals surface area contributed by atoms with Crippen LogP contribution in [0.2, 0.25) is 0 Å². The maximum absolute atomic E-state index is 12.4. The molecule has 0 saturated heterocycles. The number of benzene rings is 2. The summed E-state index contributed by atoms with van der Waals surface area (Å²) < 4.78 is 5.97. The molecule has 5 heteroatoms. The number of hydrogen-bond acceptors (Lipinski definition) is 3. The van der Waals surface area contributed by atoms with Gasteiger partial charge in [0.1, 0.15) is 5.75 Å². The summed E-state index contributed by atoms with van der Waals surface area (Å²) in [6, 6.07) is 14.2. The zero-order valence-corrected chi connectivity index (χ0v) is 14.6. The molecule has 2 rings (SSSR count). The summed E-state index contributed by atoms with van der Waals surface area (Å²) in [5.41, 5.74) is 1.31. The highest BCUT2D eigenvalue weighted by Gasteiger charge is 2.20. The number of amides is 1. The van der Waals surface area contributed by atoms with Crippen LogP contribution in [0.5, 0.6) is 5.75 Å². The van der Waals surface area contributed by atoms with Crippen molar-refractivity contribution in [2.45, 2.75) is 19.1 Å². The molecule has 0 bridgehead atoms.